The molecule has 0 aliphatic rings. The molecule has 0 unspecified atom stereocenters. The van der Waals surface area contributed by atoms with Crippen LogP contribution in [0.15, 0.2) is 217 Å². The number of rotatable bonds is 6. The van der Waals surface area contributed by atoms with Crippen LogP contribution in [0.2, 0.25) is 0 Å². The van der Waals surface area contributed by atoms with E-state index in [9.17, 15) is 0 Å². The van der Waals surface area contributed by atoms with Gasteiger partial charge in [-0.05, 0) is 121 Å². The number of fused-ring (bicyclic) bond motifs is 7. The van der Waals surface area contributed by atoms with Gasteiger partial charge in [-0.15, -0.1) is 0 Å². The minimum Gasteiger partial charge on any atom is -0.456 e. The molecule has 56 heavy (non-hydrogen) atoms. The summed E-state index contributed by atoms with van der Waals surface area (Å²) in [6, 6.07) is 76.6. The molecular formula is C54H35NO. The van der Waals surface area contributed by atoms with E-state index < -0.39 is 0 Å². The molecule has 2 heteroatoms. The quantitative estimate of drug-likeness (QED) is 0.160. The van der Waals surface area contributed by atoms with Crippen molar-refractivity contribution in [2.75, 3.05) is 4.90 Å². The second-order valence-corrected chi connectivity index (χ2v) is 14.5. The number of nitrogens with zero attached hydrogens (tertiary/aromatic N) is 1. The Bertz CT molecular complexity index is 3250. The van der Waals surface area contributed by atoms with Gasteiger partial charge in [0.05, 0.1) is 5.69 Å². The molecular weight excluding hydrogens is 679 g/mol. The first kappa shape index (κ1) is 32.0. The van der Waals surface area contributed by atoms with Gasteiger partial charge in [0.1, 0.15) is 11.2 Å². The Morgan fingerprint density at radius 3 is 1.54 bits per heavy atom. The van der Waals surface area contributed by atoms with E-state index in [1.165, 1.54) is 49.0 Å². The molecule has 0 radical (unpaired) electrons. The molecule has 2 nitrogen and oxygen atoms in total. The summed E-state index contributed by atoms with van der Waals surface area (Å²) in [7, 11) is 0. The number of hydrogen-bond donors (Lipinski definition) is 0. The number of anilines is 3. The van der Waals surface area contributed by atoms with Gasteiger partial charge in [-0.2, -0.15) is 0 Å². The second kappa shape index (κ2) is 13.2. The van der Waals surface area contributed by atoms with Crippen LogP contribution in [-0.4, -0.2) is 0 Å². The maximum atomic E-state index is 6.23. The molecule has 0 bridgehead atoms. The van der Waals surface area contributed by atoms with E-state index in [0.717, 1.165) is 55.7 Å². The van der Waals surface area contributed by atoms with Gasteiger partial charge in [0.15, 0.2) is 0 Å². The van der Waals surface area contributed by atoms with Crippen LogP contribution in [0.3, 0.4) is 0 Å². The Morgan fingerprint density at radius 1 is 0.268 bits per heavy atom. The molecule has 262 valence electrons. The highest BCUT2D eigenvalue weighted by Crippen LogP contribution is 2.43. The Labute approximate surface area is 325 Å². The molecule has 0 N–H and O–H groups in total. The summed E-state index contributed by atoms with van der Waals surface area (Å²) in [4.78, 5) is 2.40. The van der Waals surface area contributed by atoms with Crippen molar-refractivity contribution in [1.29, 1.82) is 0 Å². The van der Waals surface area contributed by atoms with Crippen LogP contribution in [0.1, 0.15) is 0 Å². The number of hydrogen-bond acceptors (Lipinski definition) is 2. The van der Waals surface area contributed by atoms with Crippen LogP contribution in [0.25, 0.3) is 87.6 Å². The van der Waals surface area contributed by atoms with E-state index in [1.807, 2.05) is 12.1 Å². The largest absolute Gasteiger partial charge is 0.456 e. The fourth-order valence-electron chi connectivity index (χ4n) is 8.41. The summed E-state index contributed by atoms with van der Waals surface area (Å²) in [5.41, 5.74) is 12.2. The number of benzene rings is 10. The average Bonchev–Trinajstić information content (AvgIpc) is 3.65. The molecule has 0 spiro atoms. The minimum absolute atomic E-state index is 0.907. The van der Waals surface area contributed by atoms with Gasteiger partial charge < -0.3 is 9.32 Å². The smallest absolute Gasteiger partial charge is 0.136 e. The van der Waals surface area contributed by atoms with Crippen molar-refractivity contribution < 1.29 is 4.42 Å². The lowest BCUT2D eigenvalue weighted by Gasteiger charge is -2.28. The average molecular weight is 714 g/mol. The summed E-state index contributed by atoms with van der Waals surface area (Å²) < 4.78 is 6.23. The predicted molar refractivity (Wildman–Crippen MR) is 237 cm³/mol. The molecule has 0 amide bonds. The third-order valence-electron chi connectivity index (χ3n) is 11.2. The predicted octanol–water partition coefficient (Wildman–Crippen LogP) is 15.5. The molecule has 0 fully saturated rings. The number of furan rings is 1. The first-order valence-electron chi connectivity index (χ1n) is 19.2. The van der Waals surface area contributed by atoms with Crippen molar-refractivity contribution in [2.45, 2.75) is 0 Å². The van der Waals surface area contributed by atoms with Crippen molar-refractivity contribution in [3.05, 3.63) is 212 Å². The normalized spacial score (nSPS) is 11.6. The van der Waals surface area contributed by atoms with Gasteiger partial charge in [-0.3, -0.25) is 0 Å². The minimum atomic E-state index is 0.907. The Hall–Kier alpha value is -7.42. The molecule has 0 aliphatic carbocycles. The lowest BCUT2D eigenvalue weighted by molar-refractivity contribution is 0.669. The molecule has 0 aliphatic heterocycles. The van der Waals surface area contributed by atoms with Crippen LogP contribution in [0.4, 0.5) is 17.1 Å². The van der Waals surface area contributed by atoms with Crippen molar-refractivity contribution >= 4 is 71.3 Å². The summed E-state index contributed by atoms with van der Waals surface area (Å²) in [6.07, 6.45) is 0. The molecule has 11 rings (SSSR count). The molecule has 0 atom stereocenters. The Morgan fingerprint density at radius 2 is 0.786 bits per heavy atom. The summed E-state index contributed by atoms with van der Waals surface area (Å²) >= 11 is 0. The van der Waals surface area contributed by atoms with E-state index in [-0.39, 0.29) is 0 Å². The zero-order valence-electron chi connectivity index (χ0n) is 30.6. The highest BCUT2D eigenvalue weighted by molar-refractivity contribution is 6.14. The first-order valence-corrected chi connectivity index (χ1v) is 19.2. The lowest BCUT2D eigenvalue weighted by atomic mass is 9.97. The van der Waals surface area contributed by atoms with E-state index >= 15 is 0 Å². The molecule has 1 aromatic heterocycles. The fraction of sp³-hybridized carbons (Fsp3) is 0. The molecule has 0 saturated heterocycles. The third kappa shape index (κ3) is 5.51. The van der Waals surface area contributed by atoms with Crippen LogP contribution < -0.4 is 4.90 Å². The maximum Gasteiger partial charge on any atom is 0.136 e. The van der Waals surface area contributed by atoms with E-state index in [1.54, 1.807) is 0 Å². The van der Waals surface area contributed by atoms with E-state index in [4.69, 9.17) is 4.42 Å². The Balaban J connectivity index is 0.997. The molecule has 0 saturated carbocycles. The van der Waals surface area contributed by atoms with Crippen LogP contribution in [0.5, 0.6) is 0 Å². The van der Waals surface area contributed by atoms with E-state index in [2.05, 4.69) is 205 Å². The van der Waals surface area contributed by atoms with Crippen molar-refractivity contribution in [3.8, 4) is 33.4 Å². The first-order chi connectivity index (χ1) is 27.7. The standard InChI is InChI=1S/C54H35NO/c1-2-11-39-33-42(21-20-36(39)10-1)38-24-29-46(30-25-38)55(52-34-44-12-3-4-15-47(44)48-16-5-6-17-49(48)52)45-27-22-37(23-28-45)40-13-9-14-41(32-40)43-26-31-51-50-18-7-8-19-53(50)56-54(51)35-43/h1-35H. The monoisotopic (exact) mass is 713 g/mol. The molecule has 10 aromatic carbocycles. The third-order valence-corrected chi connectivity index (χ3v) is 11.2. The molecule has 11 aromatic rings. The fourth-order valence-corrected chi connectivity index (χ4v) is 8.41. The lowest BCUT2D eigenvalue weighted by Crippen LogP contribution is -2.10. The SMILES string of the molecule is c1cc(-c2ccc(N(c3ccc(-c4ccc5ccccc5c4)cc3)c3cc4ccccc4c4ccccc34)cc2)cc(-c2ccc3c(c2)oc2ccccc23)c1. The molecule has 1 heterocycles. The van der Waals surface area contributed by atoms with Crippen molar-refractivity contribution in [2.24, 2.45) is 0 Å². The van der Waals surface area contributed by atoms with Crippen molar-refractivity contribution in [1.82, 2.24) is 0 Å². The zero-order chi connectivity index (χ0) is 37.0. The maximum absolute atomic E-state index is 6.23. The number of para-hydroxylation sites is 1. The van der Waals surface area contributed by atoms with Crippen LogP contribution in [0, 0.1) is 0 Å². The highest BCUT2D eigenvalue weighted by Gasteiger charge is 2.18. The zero-order valence-corrected chi connectivity index (χ0v) is 30.6. The van der Waals surface area contributed by atoms with Crippen LogP contribution >= 0.6 is 0 Å². The summed E-state index contributed by atoms with van der Waals surface area (Å²) in [5, 5.41) is 9.72. The van der Waals surface area contributed by atoms with Crippen molar-refractivity contribution in [3.63, 3.8) is 0 Å². The Kier molecular flexibility index (Phi) is 7.53. The highest BCUT2D eigenvalue weighted by atomic mass is 16.3. The second-order valence-electron chi connectivity index (χ2n) is 14.5. The van der Waals surface area contributed by atoms with Gasteiger partial charge >= 0.3 is 0 Å². The van der Waals surface area contributed by atoms with Gasteiger partial charge in [0.25, 0.3) is 0 Å². The van der Waals surface area contributed by atoms with Gasteiger partial charge in [-0.25, -0.2) is 0 Å². The van der Waals surface area contributed by atoms with E-state index in [0.29, 0.717) is 0 Å². The topological polar surface area (TPSA) is 16.4 Å². The summed E-state index contributed by atoms with van der Waals surface area (Å²) in [5.74, 6) is 0. The van der Waals surface area contributed by atoms with Gasteiger partial charge in [0, 0.05) is 27.5 Å². The van der Waals surface area contributed by atoms with Gasteiger partial charge in [0.2, 0.25) is 0 Å². The van der Waals surface area contributed by atoms with Gasteiger partial charge in [-0.1, -0.05) is 152 Å². The summed E-state index contributed by atoms with van der Waals surface area (Å²) in [6.45, 7) is 0. The van der Waals surface area contributed by atoms with Crippen LogP contribution in [-0.2, 0) is 0 Å².